The summed E-state index contributed by atoms with van der Waals surface area (Å²) in [6, 6.07) is 18.7. The number of rotatable bonds is 4. The molecule has 3 aromatic carbocycles. The van der Waals surface area contributed by atoms with E-state index in [2.05, 4.69) is 5.32 Å². The summed E-state index contributed by atoms with van der Waals surface area (Å²) in [5.74, 6) is -0.727. The van der Waals surface area contributed by atoms with Crippen molar-refractivity contribution >= 4 is 40.4 Å². The van der Waals surface area contributed by atoms with Crippen LogP contribution in [0.3, 0.4) is 0 Å². The largest absolute Gasteiger partial charge is 0.350 e. The molecule has 0 saturated heterocycles. The topological polar surface area (TPSA) is 49.4 Å². The van der Waals surface area contributed by atoms with Gasteiger partial charge in [-0.3, -0.25) is 9.59 Å². The molecule has 0 unspecified atom stereocenters. The summed E-state index contributed by atoms with van der Waals surface area (Å²) in [6.07, 6.45) is 0. The van der Waals surface area contributed by atoms with Gasteiger partial charge in [-0.15, -0.1) is 0 Å². The molecule has 0 saturated carbocycles. The molecule has 1 N–H and O–H groups in total. The van der Waals surface area contributed by atoms with E-state index in [4.69, 9.17) is 11.6 Å². The fourth-order valence-corrected chi connectivity index (χ4v) is 3.96. The molecule has 0 atom stereocenters. The fourth-order valence-electron chi connectivity index (χ4n) is 3.79. The van der Waals surface area contributed by atoms with Gasteiger partial charge in [0.25, 0.3) is 11.8 Å². The van der Waals surface area contributed by atoms with Crippen LogP contribution in [0.1, 0.15) is 27.8 Å². The van der Waals surface area contributed by atoms with Crippen molar-refractivity contribution in [1.82, 2.24) is 0 Å². The van der Waals surface area contributed by atoms with Crippen LogP contribution in [-0.4, -0.2) is 11.8 Å². The van der Waals surface area contributed by atoms with Crippen LogP contribution >= 0.6 is 11.6 Å². The van der Waals surface area contributed by atoms with Crippen LogP contribution in [0, 0.1) is 27.7 Å². The van der Waals surface area contributed by atoms with E-state index in [9.17, 15) is 9.59 Å². The lowest BCUT2D eigenvalue weighted by Gasteiger charge is -2.18. The van der Waals surface area contributed by atoms with Crippen molar-refractivity contribution in [2.24, 2.45) is 0 Å². The van der Waals surface area contributed by atoms with E-state index >= 15 is 0 Å². The number of nitrogens with zero attached hydrogens (tertiary/aromatic N) is 1. The van der Waals surface area contributed by atoms with Crippen LogP contribution < -0.4 is 10.2 Å². The monoisotopic (exact) mass is 430 g/mol. The molecule has 1 aliphatic rings. The molecule has 0 bridgehead atoms. The smallest absolute Gasteiger partial charge is 0.282 e. The average Bonchev–Trinajstić information content (AvgIpc) is 2.96. The number of hydrogen-bond donors (Lipinski definition) is 1. The first-order valence-corrected chi connectivity index (χ1v) is 10.4. The molecule has 3 aromatic rings. The molecule has 0 aromatic heterocycles. The molecule has 156 valence electrons. The molecular formula is C26H23ClN2O2. The summed E-state index contributed by atoms with van der Waals surface area (Å²) in [5, 5.41) is 3.80. The van der Waals surface area contributed by atoms with Crippen LogP contribution in [0.25, 0.3) is 5.57 Å². The summed E-state index contributed by atoms with van der Waals surface area (Å²) in [7, 11) is 0. The Bertz CT molecular complexity index is 1240. The fraction of sp³-hybridized carbons (Fsp3) is 0.154. The van der Waals surface area contributed by atoms with Crippen molar-refractivity contribution in [2.75, 3.05) is 10.2 Å². The maximum Gasteiger partial charge on any atom is 0.282 e. The molecule has 31 heavy (non-hydrogen) atoms. The summed E-state index contributed by atoms with van der Waals surface area (Å²) in [5.41, 5.74) is 6.39. The lowest BCUT2D eigenvalue weighted by Crippen LogP contribution is -2.33. The molecule has 5 heteroatoms. The summed E-state index contributed by atoms with van der Waals surface area (Å²) < 4.78 is 0. The Morgan fingerprint density at radius 3 is 2.16 bits per heavy atom. The standard InChI is InChI=1S/C26H23ClN2O2/c1-15-8-11-19(12-9-15)23-24(28-21-7-5-6-20(27)18(21)4)26(31)29(25(23)30)22-13-10-16(2)14-17(22)3/h5-14,28H,1-4H3. The molecular weight excluding hydrogens is 408 g/mol. The van der Waals surface area contributed by atoms with Gasteiger partial charge in [-0.05, 0) is 62.6 Å². The number of halogens is 1. The molecule has 0 spiro atoms. The predicted molar refractivity (Wildman–Crippen MR) is 126 cm³/mol. The summed E-state index contributed by atoms with van der Waals surface area (Å²) in [6.45, 7) is 7.74. The van der Waals surface area contributed by atoms with Crippen LogP contribution in [0.2, 0.25) is 5.02 Å². The first-order valence-electron chi connectivity index (χ1n) is 10.1. The van der Waals surface area contributed by atoms with Gasteiger partial charge < -0.3 is 5.32 Å². The quantitative estimate of drug-likeness (QED) is 0.518. The molecule has 4 nitrogen and oxygen atoms in total. The maximum atomic E-state index is 13.6. The lowest BCUT2D eigenvalue weighted by atomic mass is 10.0. The third kappa shape index (κ3) is 3.75. The molecule has 0 fully saturated rings. The zero-order valence-electron chi connectivity index (χ0n) is 17.9. The molecule has 0 aliphatic carbocycles. The number of carbonyl (C=O) groups is 2. The van der Waals surface area contributed by atoms with Gasteiger partial charge >= 0.3 is 0 Å². The number of benzene rings is 3. The van der Waals surface area contributed by atoms with Gasteiger partial charge in [0.15, 0.2) is 0 Å². The molecule has 4 rings (SSSR count). The van der Waals surface area contributed by atoms with E-state index in [-0.39, 0.29) is 17.5 Å². The zero-order chi connectivity index (χ0) is 22.3. The predicted octanol–water partition coefficient (Wildman–Crippen LogP) is 5.97. The SMILES string of the molecule is Cc1ccc(C2=C(Nc3cccc(Cl)c3C)C(=O)N(c3ccc(C)cc3C)C2=O)cc1. The Morgan fingerprint density at radius 1 is 0.806 bits per heavy atom. The molecule has 0 radical (unpaired) electrons. The number of imide groups is 1. The number of hydrogen-bond acceptors (Lipinski definition) is 3. The van der Waals surface area contributed by atoms with Crippen molar-refractivity contribution in [3.8, 4) is 0 Å². The van der Waals surface area contributed by atoms with Crippen molar-refractivity contribution in [3.05, 3.63) is 99.2 Å². The normalized spacial score (nSPS) is 13.9. The Kier molecular flexibility index (Phi) is 5.42. The van der Waals surface area contributed by atoms with Crippen molar-refractivity contribution in [3.63, 3.8) is 0 Å². The van der Waals surface area contributed by atoms with Crippen molar-refractivity contribution < 1.29 is 9.59 Å². The van der Waals surface area contributed by atoms with Gasteiger partial charge in [-0.25, -0.2) is 4.90 Å². The van der Waals surface area contributed by atoms with Crippen LogP contribution in [0.4, 0.5) is 11.4 Å². The van der Waals surface area contributed by atoms with E-state index in [1.165, 1.54) is 4.90 Å². The highest BCUT2D eigenvalue weighted by molar-refractivity contribution is 6.46. The molecule has 1 aliphatic heterocycles. The molecule has 1 heterocycles. The maximum absolute atomic E-state index is 13.6. The highest BCUT2D eigenvalue weighted by Gasteiger charge is 2.41. The van der Waals surface area contributed by atoms with E-state index in [1.54, 1.807) is 6.07 Å². The van der Waals surface area contributed by atoms with E-state index in [0.717, 1.165) is 22.3 Å². The van der Waals surface area contributed by atoms with Gasteiger partial charge in [0.2, 0.25) is 0 Å². The Hall–Kier alpha value is -3.37. The summed E-state index contributed by atoms with van der Waals surface area (Å²) in [4.78, 5) is 28.4. The second-order valence-corrected chi connectivity index (χ2v) is 8.30. The first kappa shape index (κ1) is 20.9. The van der Waals surface area contributed by atoms with E-state index in [1.807, 2.05) is 82.3 Å². The van der Waals surface area contributed by atoms with Gasteiger partial charge in [0.1, 0.15) is 5.70 Å². The van der Waals surface area contributed by atoms with Gasteiger partial charge in [0, 0.05) is 10.7 Å². The number of nitrogens with one attached hydrogen (secondary N) is 1. The highest BCUT2D eigenvalue weighted by Crippen LogP contribution is 2.36. The Balaban J connectivity index is 1.87. The molecule has 2 amide bonds. The third-order valence-corrected chi connectivity index (χ3v) is 5.95. The highest BCUT2D eigenvalue weighted by atomic mass is 35.5. The van der Waals surface area contributed by atoms with Gasteiger partial charge in [-0.1, -0.05) is 65.2 Å². The Morgan fingerprint density at radius 2 is 1.48 bits per heavy atom. The third-order valence-electron chi connectivity index (χ3n) is 5.54. The van der Waals surface area contributed by atoms with Crippen LogP contribution in [0.5, 0.6) is 0 Å². The summed E-state index contributed by atoms with van der Waals surface area (Å²) >= 11 is 6.28. The number of amides is 2. The number of carbonyl (C=O) groups excluding carboxylic acids is 2. The second kappa shape index (κ2) is 8.05. The second-order valence-electron chi connectivity index (χ2n) is 7.89. The van der Waals surface area contributed by atoms with Crippen molar-refractivity contribution in [2.45, 2.75) is 27.7 Å². The Labute approximate surface area is 187 Å². The minimum atomic E-state index is -0.382. The van der Waals surface area contributed by atoms with Crippen LogP contribution in [0.15, 0.2) is 66.4 Å². The minimum Gasteiger partial charge on any atom is -0.350 e. The van der Waals surface area contributed by atoms with Crippen molar-refractivity contribution in [1.29, 1.82) is 0 Å². The van der Waals surface area contributed by atoms with Gasteiger partial charge in [0.05, 0.1) is 11.3 Å². The average molecular weight is 431 g/mol. The number of aryl methyl sites for hydroxylation is 3. The number of anilines is 2. The lowest BCUT2D eigenvalue weighted by molar-refractivity contribution is -0.120. The van der Waals surface area contributed by atoms with E-state index < -0.39 is 0 Å². The zero-order valence-corrected chi connectivity index (χ0v) is 18.7. The first-order chi connectivity index (χ1) is 14.8. The van der Waals surface area contributed by atoms with Crippen LogP contribution in [-0.2, 0) is 9.59 Å². The van der Waals surface area contributed by atoms with E-state index in [0.29, 0.717) is 27.5 Å². The van der Waals surface area contributed by atoms with Gasteiger partial charge in [-0.2, -0.15) is 0 Å². The minimum absolute atomic E-state index is 0.249.